The molecule has 1 fully saturated rings. The highest BCUT2D eigenvalue weighted by molar-refractivity contribution is 5.66. The van der Waals surface area contributed by atoms with Crippen molar-refractivity contribution in [1.29, 1.82) is 0 Å². The van der Waals surface area contributed by atoms with Gasteiger partial charge >= 0.3 is 5.97 Å². The molecule has 2 aliphatic rings. The van der Waals surface area contributed by atoms with Gasteiger partial charge in [-0.2, -0.15) is 0 Å². The van der Waals surface area contributed by atoms with Crippen LogP contribution in [-0.4, -0.2) is 33.3 Å². The third-order valence-corrected chi connectivity index (χ3v) is 6.53. The lowest BCUT2D eigenvalue weighted by molar-refractivity contribution is -0.180. The van der Waals surface area contributed by atoms with Gasteiger partial charge in [0, 0.05) is 38.0 Å². The minimum Gasteiger partial charge on any atom is -0.465 e. The molecule has 0 saturated carbocycles. The van der Waals surface area contributed by atoms with Crippen LogP contribution in [-0.2, 0) is 14.3 Å². The second-order valence-corrected chi connectivity index (χ2v) is 8.24. The van der Waals surface area contributed by atoms with E-state index in [1.807, 2.05) is 14.1 Å². The number of ether oxygens (including phenoxy) is 2. The molecule has 0 radical (unpaired) electrons. The van der Waals surface area contributed by atoms with E-state index in [1.54, 1.807) is 0 Å². The van der Waals surface area contributed by atoms with Crippen molar-refractivity contribution >= 4 is 11.7 Å². The highest BCUT2D eigenvalue weighted by Crippen LogP contribution is 2.56. The molecule has 5 atom stereocenters. The zero-order valence-electron chi connectivity index (χ0n) is 16.8. The average molecular weight is 357 g/mol. The van der Waals surface area contributed by atoms with Gasteiger partial charge in [-0.3, -0.25) is 4.79 Å². The molecule has 1 saturated heterocycles. The summed E-state index contributed by atoms with van der Waals surface area (Å²) in [5.74, 6) is 0.794. The Kier molecular flexibility index (Phi) is 5.16. The second kappa shape index (κ2) is 7.07. The Balaban J connectivity index is 1.91. The predicted molar refractivity (Wildman–Crippen MR) is 104 cm³/mol. The molecule has 0 spiro atoms. The quantitative estimate of drug-likeness (QED) is 0.597. The Morgan fingerprint density at radius 3 is 2.50 bits per heavy atom. The van der Waals surface area contributed by atoms with E-state index in [0.29, 0.717) is 31.0 Å². The van der Waals surface area contributed by atoms with Gasteiger partial charge in [-0.1, -0.05) is 37.6 Å². The van der Waals surface area contributed by atoms with E-state index in [2.05, 4.69) is 56.0 Å². The lowest BCUT2D eigenvalue weighted by Crippen LogP contribution is -2.54. The third-order valence-electron chi connectivity index (χ3n) is 6.53. The molecule has 4 nitrogen and oxygen atoms in total. The second-order valence-electron chi connectivity index (χ2n) is 8.24. The monoisotopic (exact) mass is 357 g/mol. The van der Waals surface area contributed by atoms with Crippen molar-refractivity contribution in [1.82, 2.24) is 0 Å². The van der Waals surface area contributed by atoms with Crippen LogP contribution < -0.4 is 4.90 Å². The van der Waals surface area contributed by atoms with E-state index in [1.165, 1.54) is 23.7 Å². The molecule has 0 aromatic heterocycles. The van der Waals surface area contributed by atoms with E-state index < -0.39 is 0 Å². The van der Waals surface area contributed by atoms with Crippen molar-refractivity contribution in [2.45, 2.75) is 33.8 Å². The van der Waals surface area contributed by atoms with Crippen molar-refractivity contribution in [3.8, 4) is 0 Å². The summed E-state index contributed by atoms with van der Waals surface area (Å²) in [5, 5.41) is 0. The molecule has 1 aromatic rings. The minimum atomic E-state index is -0.219. The van der Waals surface area contributed by atoms with E-state index in [-0.39, 0.29) is 17.5 Å². The Labute approximate surface area is 157 Å². The summed E-state index contributed by atoms with van der Waals surface area (Å²) < 4.78 is 11.9. The van der Waals surface area contributed by atoms with Gasteiger partial charge < -0.3 is 14.4 Å². The normalized spacial score (nSPS) is 33.4. The maximum absolute atomic E-state index is 11.4. The van der Waals surface area contributed by atoms with Crippen molar-refractivity contribution < 1.29 is 14.3 Å². The number of hydrogen-bond acceptors (Lipinski definition) is 4. The standard InChI is InChI=1S/C22H31NO3/c1-14-11-15(2)22(12-25-17(4)24)13-26-21(20(14)16(22)3)18-7-9-19(10-8-18)23(5)6/h7-11,15-16,20-21H,12-13H2,1-6H3/t15-,16+,20-,21+,22+/m0/s1. The summed E-state index contributed by atoms with van der Waals surface area (Å²) in [6, 6.07) is 8.65. The van der Waals surface area contributed by atoms with Crippen LogP contribution in [0.5, 0.6) is 0 Å². The fraction of sp³-hybridized carbons (Fsp3) is 0.591. The smallest absolute Gasteiger partial charge is 0.302 e. The Morgan fingerprint density at radius 2 is 1.92 bits per heavy atom. The molecule has 26 heavy (non-hydrogen) atoms. The first-order valence-electron chi connectivity index (χ1n) is 9.47. The van der Waals surface area contributed by atoms with Crippen LogP contribution in [0.4, 0.5) is 5.69 Å². The highest BCUT2D eigenvalue weighted by atomic mass is 16.5. The predicted octanol–water partition coefficient (Wildman–Crippen LogP) is 4.22. The number of fused-ring (bicyclic) bond motifs is 2. The first kappa shape index (κ1) is 19.0. The van der Waals surface area contributed by atoms with Crippen LogP contribution in [0.2, 0.25) is 0 Å². The van der Waals surface area contributed by atoms with Gasteiger partial charge in [-0.05, 0) is 36.5 Å². The first-order valence-corrected chi connectivity index (χ1v) is 9.47. The Bertz CT molecular complexity index is 694. The van der Waals surface area contributed by atoms with Gasteiger partial charge in [0.15, 0.2) is 0 Å². The summed E-state index contributed by atoms with van der Waals surface area (Å²) in [5.41, 5.74) is 3.64. The summed E-state index contributed by atoms with van der Waals surface area (Å²) >= 11 is 0. The number of nitrogens with zero attached hydrogens (tertiary/aromatic N) is 1. The van der Waals surface area contributed by atoms with Gasteiger partial charge in [0.2, 0.25) is 0 Å². The minimum absolute atomic E-state index is 0.0513. The molecular weight excluding hydrogens is 326 g/mol. The number of hydrogen-bond donors (Lipinski definition) is 0. The van der Waals surface area contributed by atoms with Gasteiger partial charge in [-0.25, -0.2) is 0 Å². The largest absolute Gasteiger partial charge is 0.465 e. The molecule has 1 aliphatic heterocycles. The molecule has 2 bridgehead atoms. The topological polar surface area (TPSA) is 38.8 Å². The molecule has 1 heterocycles. The number of allylic oxidation sites excluding steroid dienone is 1. The summed E-state index contributed by atoms with van der Waals surface area (Å²) in [4.78, 5) is 13.5. The summed E-state index contributed by atoms with van der Waals surface area (Å²) in [6.45, 7) is 9.25. The van der Waals surface area contributed by atoms with Crippen LogP contribution in [0.25, 0.3) is 0 Å². The molecule has 1 aliphatic carbocycles. The fourth-order valence-electron chi connectivity index (χ4n) is 4.76. The summed E-state index contributed by atoms with van der Waals surface area (Å²) in [7, 11) is 4.10. The molecule has 0 unspecified atom stereocenters. The molecule has 0 N–H and O–H groups in total. The molecule has 142 valence electrons. The zero-order chi connectivity index (χ0) is 19.1. The van der Waals surface area contributed by atoms with Crippen LogP contribution in [0.1, 0.15) is 39.4 Å². The van der Waals surface area contributed by atoms with E-state index in [9.17, 15) is 4.79 Å². The van der Waals surface area contributed by atoms with Crippen molar-refractivity contribution in [3.63, 3.8) is 0 Å². The van der Waals surface area contributed by atoms with Gasteiger partial charge in [0.25, 0.3) is 0 Å². The van der Waals surface area contributed by atoms with Gasteiger partial charge in [0.1, 0.15) is 0 Å². The van der Waals surface area contributed by atoms with E-state index >= 15 is 0 Å². The number of carbonyl (C=O) groups is 1. The fourth-order valence-corrected chi connectivity index (χ4v) is 4.76. The van der Waals surface area contributed by atoms with Gasteiger partial charge in [0.05, 0.1) is 19.3 Å². The van der Waals surface area contributed by atoms with Crippen molar-refractivity contribution in [3.05, 3.63) is 41.5 Å². The number of anilines is 1. The van der Waals surface area contributed by atoms with Crippen LogP contribution in [0.3, 0.4) is 0 Å². The lowest BCUT2D eigenvalue weighted by atomic mass is 9.56. The SMILES string of the molecule is CC(=O)OC[C@@]12CO[C@H](c3ccc(N(C)C)cc3)[C@@H](C(C)=C[C@@H]1C)[C@H]2C. The van der Waals surface area contributed by atoms with E-state index in [0.717, 1.165) is 0 Å². The molecule has 0 amide bonds. The van der Waals surface area contributed by atoms with Crippen LogP contribution >= 0.6 is 0 Å². The molecule has 3 rings (SSSR count). The number of carbonyl (C=O) groups excluding carboxylic acids is 1. The Morgan fingerprint density at radius 1 is 1.27 bits per heavy atom. The van der Waals surface area contributed by atoms with E-state index in [4.69, 9.17) is 9.47 Å². The lowest BCUT2D eigenvalue weighted by Gasteiger charge is -2.55. The Hall–Kier alpha value is -1.81. The number of benzene rings is 1. The number of esters is 1. The van der Waals surface area contributed by atoms with Crippen molar-refractivity contribution in [2.75, 3.05) is 32.2 Å². The highest BCUT2D eigenvalue weighted by Gasteiger charge is 2.54. The van der Waals surface area contributed by atoms with Crippen molar-refractivity contribution in [2.24, 2.45) is 23.2 Å². The van der Waals surface area contributed by atoms with Crippen LogP contribution in [0.15, 0.2) is 35.9 Å². The maximum atomic E-state index is 11.4. The zero-order valence-corrected chi connectivity index (χ0v) is 16.8. The molecule has 1 aromatic carbocycles. The number of rotatable bonds is 4. The molecule has 4 heteroatoms. The summed E-state index contributed by atoms with van der Waals surface area (Å²) in [6.07, 6.45) is 2.41. The molecular formula is C22H31NO3. The maximum Gasteiger partial charge on any atom is 0.302 e. The van der Waals surface area contributed by atoms with Gasteiger partial charge in [-0.15, -0.1) is 0 Å². The average Bonchev–Trinajstić information content (AvgIpc) is 2.59. The first-order chi connectivity index (χ1) is 12.3. The third kappa shape index (κ3) is 3.16. The van der Waals surface area contributed by atoms with Crippen LogP contribution in [0, 0.1) is 23.2 Å².